The summed E-state index contributed by atoms with van der Waals surface area (Å²) in [5, 5.41) is 0. The molecule has 0 aliphatic carbocycles. The van der Waals surface area contributed by atoms with Crippen LogP contribution in [-0.4, -0.2) is 5.97 Å². The standard InChI is InChI=1S/C14H16O3/c1-9(2)6-13-8-11(14(15)17-13)7-12-5-4-10(3)16-12/h4-5,7-9H,6H2,1-3H3/b11-7+. The Labute approximate surface area is 101 Å². The minimum absolute atomic E-state index is 0.297. The molecule has 1 aromatic heterocycles. The second-order valence-electron chi connectivity index (χ2n) is 4.65. The topological polar surface area (TPSA) is 39.4 Å². The molecule has 3 heteroatoms. The van der Waals surface area contributed by atoms with Gasteiger partial charge in [-0.1, -0.05) is 13.8 Å². The van der Waals surface area contributed by atoms with Crippen LogP contribution < -0.4 is 0 Å². The molecule has 0 spiro atoms. The Morgan fingerprint density at radius 3 is 2.71 bits per heavy atom. The number of allylic oxidation sites excluding steroid dienone is 1. The second kappa shape index (κ2) is 4.62. The lowest BCUT2D eigenvalue weighted by Crippen LogP contribution is -1.98. The highest BCUT2D eigenvalue weighted by Gasteiger charge is 2.21. The lowest BCUT2D eigenvalue weighted by Gasteiger charge is -2.03. The minimum Gasteiger partial charge on any atom is -0.462 e. The molecule has 0 radical (unpaired) electrons. The molecule has 2 rings (SSSR count). The van der Waals surface area contributed by atoms with E-state index in [2.05, 4.69) is 13.8 Å². The number of ether oxygens (including phenoxy) is 1. The van der Waals surface area contributed by atoms with Gasteiger partial charge in [0.05, 0.1) is 5.57 Å². The van der Waals surface area contributed by atoms with E-state index in [9.17, 15) is 4.79 Å². The number of carbonyl (C=O) groups excluding carboxylic acids is 1. The van der Waals surface area contributed by atoms with Gasteiger partial charge in [-0.2, -0.15) is 0 Å². The van der Waals surface area contributed by atoms with E-state index in [1.54, 1.807) is 12.2 Å². The Balaban J connectivity index is 2.18. The summed E-state index contributed by atoms with van der Waals surface area (Å²) in [5.74, 6) is 2.42. The van der Waals surface area contributed by atoms with Gasteiger partial charge in [-0.05, 0) is 37.1 Å². The molecular formula is C14H16O3. The predicted molar refractivity (Wildman–Crippen MR) is 65.1 cm³/mol. The van der Waals surface area contributed by atoms with Crippen molar-refractivity contribution in [1.29, 1.82) is 0 Å². The SMILES string of the molecule is Cc1ccc(/C=C2\C=C(CC(C)C)OC2=O)o1. The van der Waals surface area contributed by atoms with E-state index in [-0.39, 0.29) is 5.97 Å². The first-order valence-corrected chi connectivity index (χ1v) is 5.75. The van der Waals surface area contributed by atoms with Crippen LogP contribution in [0.25, 0.3) is 6.08 Å². The summed E-state index contributed by atoms with van der Waals surface area (Å²) in [5.41, 5.74) is 0.551. The lowest BCUT2D eigenvalue weighted by atomic mass is 10.1. The molecular weight excluding hydrogens is 216 g/mol. The number of esters is 1. The van der Waals surface area contributed by atoms with E-state index in [4.69, 9.17) is 9.15 Å². The highest BCUT2D eigenvalue weighted by Crippen LogP contribution is 2.24. The fraction of sp³-hybridized carbons (Fsp3) is 0.357. The maximum absolute atomic E-state index is 11.6. The fourth-order valence-corrected chi connectivity index (χ4v) is 1.73. The third kappa shape index (κ3) is 2.87. The highest BCUT2D eigenvalue weighted by molar-refractivity contribution is 5.99. The van der Waals surface area contributed by atoms with Crippen LogP contribution in [-0.2, 0) is 9.53 Å². The van der Waals surface area contributed by atoms with Gasteiger partial charge in [-0.3, -0.25) is 0 Å². The molecule has 2 heterocycles. The van der Waals surface area contributed by atoms with Gasteiger partial charge in [-0.15, -0.1) is 0 Å². The van der Waals surface area contributed by atoms with Crippen LogP contribution in [0, 0.1) is 12.8 Å². The number of hydrogen-bond donors (Lipinski definition) is 0. The first-order chi connectivity index (χ1) is 8.04. The van der Waals surface area contributed by atoms with Crippen LogP contribution in [0.5, 0.6) is 0 Å². The van der Waals surface area contributed by atoms with E-state index in [0.717, 1.165) is 17.9 Å². The number of aryl methyl sites for hydroxylation is 1. The zero-order chi connectivity index (χ0) is 12.4. The molecule has 1 aliphatic rings. The van der Waals surface area contributed by atoms with E-state index < -0.39 is 0 Å². The van der Waals surface area contributed by atoms with Crippen LogP contribution in [0.4, 0.5) is 0 Å². The first-order valence-electron chi connectivity index (χ1n) is 5.75. The second-order valence-corrected chi connectivity index (χ2v) is 4.65. The maximum atomic E-state index is 11.6. The van der Waals surface area contributed by atoms with Crippen molar-refractivity contribution in [2.75, 3.05) is 0 Å². The first kappa shape index (κ1) is 11.7. The average molecular weight is 232 g/mol. The molecule has 0 amide bonds. The van der Waals surface area contributed by atoms with Gasteiger partial charge in [0.15, 0.2) is 0 Å². The van der Waals surface area contributed by atoms with Crippen molar-refractivity contribution >= 4 is 12.0 Å². The monoisotopic (exact) mass is 232 g/mol. The van der Waals surface area contributed by atoms with Gasteiger partial charge < -0.3 is 9.15 Å². The summed E-state index contributed by atoms with van der Waals surface area (Å²) in [4.78, 5) is 11.6. The van der Waals surface area contributed by atoms with Crippen molar-refractivity contribution in [2.45, 2.75) is 27.2 Å². The Bertz CT molecular complexity index is 489. The Morgan fingerprint density at radius 1 is 1.35 bits per heavy atom. The molecule has 1 aliphatic heterocycles. The van der Waals surface area contributed by atoms with Gasteiger partial charge in [0.25, 0.3) is 0 Å². The van der Waals surface area contributed by atoms with Crippen molar-refractivity contribution in [2.24, 2.45) is 5.92 Å². The predicted octanol–water partition coefficient (Wildman–Crippen LogP) is 3.46. The normalized spacial score (nSPS) is 17.8. The van der Waals surface area contributed by atoms with Crippen molar-refractivity contribution in [3.8, 4) is 0 Å². The molecule has 0 fully saturated rings. The smallest absolute Gasteiger partial charge is 0.343 e. The van der Waals surface area contributed by atoms with E-state index in [0.29, 0.717) is 17.3 Å². The third-order valence-electron chi connectivity index (χ3n) is 2.44. The van der Waals surface area contributed by atoms with Crippen molar-refractivity contribution in [1.82, 2.24) is 0 Å². The largest absolute Gasteiger partial charge is 0.462 e. The molecule has 0 N–H and O–H groups in total. The maximum Gasteiger partial charge on any atom is 0.343 e. The summed E-state index contributed by atoms with van der Waals surface area (Å²) in [6.45, 7) is 6.05. The number of furan rings is 1. The van der Waals surface area contributed by atoms with Gasteiger partial charge in [0.1, 0.15) is 17.3 Å². The van der Waals surface area contributed by atoms with Gasteiger partial charge in [0.2, 0.25) is 0 Å². The quantitative estimate of drug-likeness (QED) is 0.591. The van der Waals surface area contributed by atoms with Gasteiger partial charge in [0, 0.05) is 6.42 Å². The van der Waals surface area contributed by atoms with Crippen LogP contribution in [0.2, 0.25) is 0 Å². The van der Waals surface area contributed by atoms with Crippen LogP contribution in [0.3, 0.4) is 0 Å². The number of carbonyl (C=O) groups is 1. The Hall–Kier alpha value is -1.77. The number of cyclic esters (lactones) is 1. The molecule has 3 nitrogen and oxygen atoms in total. The van der Waals surface area contributed by atoms with Crippen LogP contribution in [0.15, 0.2) is 34.0 Å². The van der Waals surface area contributed by atoms with Crippen LogP contribution in [0.1, 0.15) is 31.8 Å². The van der Waals surface area contributed by atoms with Crippen molar-refractivity contribution in [3.63, 3.8) is 0 Å². The molecule has 0 saturated heterocycles. The molecule has 0 bridgehead atoms. The van der Waals surface area contributed by atoms with E-state index >= 15 is 0 Å². The molecule has 0 unspecified atom stereocenters. The molecule has 90 valence electrons. The molecule has 17 heavy (non-hydrogen) atoms. The number of rotatable bonds is 3. The van der Waals surface area contributed by atoms with E-state index in [1.807, 2.05) is 19.1 Å². The Morgan fingerprint density at radius 2 is 2.12 bits per heavy atom. The molecule has 0 atom stereocenters. The summed E-state index contributed by atoms with van der Waals surface area (Å²) in [7, 11) is 0. The minimum atomic E-state index is -0.297. The molecule has 1 aromatic rings. The van der Waals surface area contributed by atoms with Crippen molar-refractivity contribution < 1.29 is 13.9 Å². The van der Waals surface area contributed by atoms with Crippen molar-refractivity contribution in [3.05, 3.63) is 41.1 Å². The zero-order valence-corrected chi connectivity index (χ0v) is 10.3. The summed E-state index contributed by atoms with van der Waals surface area (Å²) < 4.78 is 10.6. The van der Waals surface area contributed by atoms with Gasteiger partial charge in [-0.25, -0.2) is 4.79 Å². The average Bonchev–Trinajstić information content (AvgIpc) is 2.74. The lowest BCUT2D eigenvalue weighted by molar-refractivity contribution is -0.133. The molecule has 0 aromatic carbocycles. The van der Waals surface area contributed by atoms with E-state index in [1.165, 1.54) is 0 Å². The highest BCUT2D eigenvalue weighted by atomic mass is 16.5. The van der Waals surface area contributed by atoms with Crippen LogP contribution >= 0.6 is 0 Å². The third-order valence-corrected chi connectivity index (χ3v) is 2.44. The molecule has 0 saturated carbocycles. The summed E-state index contributed by atoms with van der Waals surface area (Å²) in [6, 6.07) is 3.70. The Kier molecular flexibility index (Phi) is 3.18. The fourth-order valence-electron chi connectivity index (χ4n) is 1.73. The zero-order valence-electron chi connectivity index (χ0n) is 10.3. The van der Waals surface area contributed by atoms with Gasteiger partial charge >= 0.3 is 5.97 Å². The summed E-state index contributed by atoms with van der Waals surface area (Å²) >= 11 is 0. The summed E-state index contributed by atoms with van der Waals surface area (Å²) in [6.07, 6.45) is 4.28. The number of hydrogen-bond acceptors (Lipinski definition) is 3.